The highest BCUT2D eigenvalue weighted by atomic mass is 19.4. The van der Waals surface area contributed by atoms with E-state index < -0.39 is 12.2 Å². The highest BCUT2D eigenvalue weighted by molar-refractivity contribution is 4.57. The van der Waals surface area contributed by atoms with Crippen LogP contribution in [0.5, 0.6) is 0 Å². The normalized spacial score (nSPS) is 14.2. The summed E-state index contributed by atoms with van der Waals surface area (Å²) in [6.45, 7) is 0. The van der Waals surface area contributed by atoms with Crippen molar-refractivity contribution in [2.75, 3.05) is 0 Å². The molecule has 0 radical (unpaired) electrons. The predicted molar refractivity (Wildman–Crippen MR) is 13.9 cm³/mol. The van der Waals surface area contributed by atoms with Crippen molar-refractivity contribution < 1.29 is 27.7 Å². The molecule has 0 fully saturated rings. The Kier molecular flexibility index (Phi) is 1.47. The van der Waals surface area contributed by atoms with Gasteiger partial charge in [-0.1, -0.05) is 0 Å². The topological polar surface area (TPSA) is 27.6 Å². The Morgan fingerprint density at radius 1 is 0.875 bits per heavy atom. The Morgan fingerprint density at radius 2 is 1.00 bits per heavy atom. The van der Waals surface area contributed by atoms with Gasteiger partial charge in [0.05, 0.1) is 0 Å². The second-order valence-corrected chi connectivity index (χ2v) is 1.20. The third kappa shape index (κ3) is 1.61. The van der Waals surface area contributed by atoms with Gasteiger partial charge in [0.1, 0.15) is 0 Å². The molecular weight excluding hydrogens is 133 g/mol. The van der Waals surface area contributed by atoms with Gasteiger partial charge in [-0.15, -0.1) is 8.78 Å². The summed E-state index contributed by atoms with van der Waals surface area (Å²) < 4.78 is 54.2. The van der Waals surface area contributed by atoms with E-state index in [1.807, 2.05) is 0 Å². The van der Waals surface area contributed by atoms with E-state index in [9.17, 15) is 22.0 Å². The standard InChI is InChI=1S/C2H2F5N/c3-1(4,5)2(6,7)8/h8H2/p+1. The first kappa shape index (κ1) is 7.61. The van der Waals surface area contributed by atoms with Crippen molar-refractivity contribution in [3.8, 4) is 0 Å². The summed E-state index contributed by atoms with van der Waals surface area (Å²) >= 11 is 0. The van der Waals surface area contributed by atoms with E-state index in [1.54, 1.807) is 5.73 Å². The molecule has 0 heterocycles. The number of alkyl halides is 5. The van der Waals surface area contributed by atoms with Crippen molar-refractivity contribution >= 4 is 0 Å². The van der Waals surface area contributed by atoms with Crippen LogP contribution < -0.4 is 5.73 Å². The summed E-state index contributed by atoms with van der Waals surface area (Å²) in [5, 5.41) is 0. The van der Waals surface area contributed by atoms with Crippen LogP contribution in [-0.4, -0.2) is 12.2 Å². The molecule has 0 aliphatic rings. The summed E-state index contributed by atoms with van der Waals surface area (Å²) in [5.41, 5.74) is 1.58. The van der Waals surface area contributed by atoms with Crippen LogP contribution in [0.3, 0.4) is 0 Å². The average Bonchev–Trinajstić information content (AvgIpc) is 1.25. The van der Waals surface area contributed by atoms with Gasteiger partial charge in [0.25, 0.3) is 0 Å². The van der Waals surface area contributed by atoms with E-state index in [0.29, 0.717) is 0 Å². The fourth-order valence-electron chi connectivity index (χ4n) is 0. The molecule has 0 bridgehead atoms. The van der Waals surface area contributed by atoms with Crippen LogP contribution >= 0.6 is 0 Å². The molecule has 0 amide bonds. The van der Waals surface area contributed by atoms with Crippen molar-refractivity contribution in [2.24, 2.45) is 0 Å². The van der Waals surface area contributed by atoms with Gasteiger partial charge in [0, 0.05) is 0 Å². The molecule has 0 aromatic heterocycles. The molecule has 0 aliphatic carbocycles. The van der Waals surface area contributed by atoms with Crippen LogP contribution in [-0.2, 0) is 0 Å². The van der Waals surface area contributed by atoms with Crippen molar-refractivity contribution in [3.05, 3.63) is 0 Å². The highest BCUT2D eigenvalue weighted by Crippen LogP contribution is 2.28. The van der Waals surface area contributed by atoms with Gasteiger partial charge in [0.2, 0.25) is 0 Å². The molecule has 0 atom stereocenters. The van der Waals surface area contributed by atoms with Gasteiger partial charge in [-0.25, -0.2) is 0 Å². The molecule has 1 nitrogen and oxygen atoms in total. The summed E-state index contributed by atoms with van der Waals surface area (Å²) in [5.74, 6) is 0. The van der Waals surface area contributed by atoms with Crippen molar-refractivity contribution in [3.63, 3.8) is 0 Å². The second kappa shape index (κ2) is 1.54. The third-order valence-electron chi connectivity index (χ3n) is 0.415. The second-order valence-electron chi connectivity index (χ2n) is 1.20. The lowest BCUT2D eigenvalue weighted by atomic mass is 10.6. The molecule has 0 aromatic carbocycles. The molecule has 0 saturated carbocycles. The molecule has 50 valence electrons. The Balaban J connectivity index is 4.02. The lowest BCUT2D eigenvalue weighted by Gasteiger charge is -2.08. The number of hydrogen-bond donors (Lipinski definition) is 1. The summed E-state index contributed by atoms with van der Waals surface area (Å²) in [4.78, 5) is 0. The molecule has 0 unspecified atom stereocenters. The van der Waals surface area contributed by atoms with Gasteiger partial charge in [-0.2, -0.15) is 13.2 Å². The summed E-state index contributed by atoms with van der Waals surface area (Å²) in [6, 6.07) is -4.81. The molecule has 0 aliphatic heterocycles. The van der Waals surface area contributed by atoms with E-state index in [1.165, 1.54) is 0 Å². The van der Waals surface area contributed by atoms with Crippen LogP contribution in [0.15, 0.2) is 0 Å². The van der Waals surface area contributed by atoms with Crippen LogP contribution in [0.4, 0.5) is 22.0 Å². The molecule has 0 rings (SSSR count). The van der Waals surface area contributed by atoms with Crippen molar-refractivity contribution in [2.45, 2.75) is 12.2 Å². The molecule has 8 heavy (non-hydrogen) atoms. The Labute approximate surface area is 41.3 Å². The fraction of sp³-hybridized carbons (Fsp3) is 1.00. The first-order chi connectivity index (χ1) is 3.25. The Hall–Kier alpha value is -0.390. The maximum atomic E-state index is 11.0. The molecule has 0 saturated heterocycles. The molecule has 6 heteroatoms. The van der Waals surface area contributed by atoms with Gasteiger partial charge in [-0.05, 0) is 0 Å². The fourth-order valence-corrected chi connectivity index (χ4v) is 0. The van der Waals surface area contributed by atoms with Crippen LogP contribution in [0.2, 0.25) is 0 Å². The summed E-state index contributed by atoms with van der Waals surface area (Å²) in [7, 11) is 0. The lowest BCUT2D eigenvalue weighted by Crippen LogP contribution is -2.74. The average molecular weight is 136 g/mol. The number of quaternary nitrogens is 1. The van der Waals surface area contributed by atoms with E-state index in [0.717, 1.165) is 0 Å². The molecule has 0 aromatic rings. The van der Waals surface area contributed by atoms with Gasteiger partial charge in [-0.3, -0.25) is 5.73 Å². The smallest absolute Gasteiger partial charge is 0.288 e. The first-order valence-corrected chi connectivity index (χ1v) is 1.55. The van der Waals surface area contributed by atoms with Crippen LogP contribution in [0.25, 0.3) is 0 Å². The Morgan fingerprint density at radius 3 is 1.00 bits per heavy atom. The maximum absolute atomic E-state index is 11.0. The summed E-state index contributed by atoms with van der Waals surface area (Å²) in [6.07, 6.45) is -5.51. The minimum atomic E-state index is -5.51. The number of halogens is 5. The lowest BCUT2D eigenvalue weighted by molar-refractivity contribution is -0.627. The maximum Gasteiger partial charge on any atom is 0.514 e. The first-order valence-electron chi connectivity index (χ1n) is 1.55. The molecule has 0 spiro atoms. The molecule has 3 N–H and O–H groups in total. The van der Waals surface area contributed by atoms with E-state index in [2.05, 4.69) is 0 Å². The van der Waals surface area contributed by atoms with Gasteiger partial charge in [0.15, 0.2) is 0 Å². The monoisotopic (exact) mass is 136 g/mol. The van der Waals surface area contributed by atoms with E-state index in [-0.39, 0.29) is 0 Å². The Bertz CT molecular complexity index is 65.4. The van der Waals surface area contributed by atoms with Gasteiger partial charge >= 0.3 is 12.2 Å². The highest BCUT2D eigenvalue weighted by Gasteiger charge is 2.59. The molecular formula is C2H3F5N+. The zero-order valence-electron chi connectivity index (χ0n) is 3.60. The predicted octanol–water partition coefficient (Wildman–Crippen LogP) is 0.383. The largest absolute Gasteiger partial charge is 0.514 e. The number of hydrogen-bond acceptors (Lipinski definition) is 0. The number of rotatable bonds is 0. The zero-order chi connectivity index (χ0) is 7.00. The van der Waals surface area contributed by atoms with Crippen LogP contribution in [0, 0.1) is 0 Å². The minimum absolute atomic E-state index is 1.58. The minimum Gasteiger partial charge on any atom is -0.288 e. The van der Waals surface area contributed by atoms with E-state index in [4.69, 9.17) is 0 Å². The van der Waals surface area contributed by atoms with Crippen LogP contribution in [0.1, 0.15) is 0 Å². The SMILES string of the molecule is [NH3+]C(F)(F)C(F)(F)F. The zero-order valence-corrected chi connectivity index (χ0v) is 3.60. The van der Waals surface area contributed by atoms with E-state index >= 15 is 0 Å². The van der Waals surface area contributed by atoms with Crippen molar-refractivity contribution in [1.29, 1.82) is 0 Å². The third-order valence-corrected chi connectivity index (χ3v) is 0.415. The van der Waals surface area contributed by atoms with Crippen molar-refractivity contribution in [1.82, 2.24) is 0 Å². The van der Waals surface area contributed by atoms with Gasteiger partial charge < -0.3 is 0 Å². The quantitative estimate of drug-likeness (QED) is 0.368.